The van der Waals surface area contributed by atoms with Crippen molar-refractivity contribution in [3.63, 3.8) is 0 Å². The summed E-state index contributed by atoms with van der Waals surface area (Å²) in [7, 11) is 0. The number of aliphatic hydroxyl groups is 1. The molecule has 0 aromatic heterocycles. The molecule has 22 heavy (non-hydrogen) atoms. The van der Waals surface area contributed by atoms with Crippen LogP contribution >= 0.6 is 0 Å². The summed E-state index contributed by atoms with van der Waals surface area (Å²) in [4.78, 5) is 0. The van der Waals surface area contributed by atoms with E-state index in [0.29, 0.717) is 12.8 Å². The Kier molecular flexibility index (Phi) is 9.79. The van der Waals surface area contributed by atoms with Crippen LogP contribution in [0.25, 0.3) is 0 Å². The van der Waals surface area contributed by atoms with E-state index < -0.39 is 6.10 Å². The van der Waals surface area contributed by atoms with Crippen molar-refractivity contribution in [3.8, 4) is 5.75 Å². The molecule has 4 nitrogen and oxygen atoms in total. The molecule has 0 saturated heterocycles. The van der Waals surface area contributed by atoms with E-state index in [-0.39, 0.29) is 6.61 Å². The molecule has 0 aliphatic rings. The number of aliphatic hydroxyl groups excluding tert-OH is 1. The number of nitrogens with zero attached hydrogens (tertiary/aromatic N) is 1. The first-order valence-corrected chi connectivity index (χ1v) is 7.93. The highest BCUT2D eigenvalue weighted by atomic mass is 16.5. The molecular formula is C18H27NO3. The Morgan fingerprint density at radius 3 is 2.68 bits per heavy atom. The topological polar surface area (TPSA) is 62.0 Å². The quantitative estimate of drug-likeness (QED) is 0.212. The molecule has 0 fully saturated rings. The largest absolute Gasteiger partial charge is 0.491 e. The van der Waals surface area contributed by atoms with E-state index in [1.807, 2.05) is 43.3 Å². The third kappa shape index (κ3) is 8.47. The molecule has 0 spiro atoms. The minimum atomic E-state index is -0.556. The minimum absolute atomic E-state index is 0.254. The van der Waals surface area contributed by atoms with Crippen LogP contribution in [0.2, 0.25) is 0 Å². The fourth-order valence-corrected chi connectivity index (χ4v) is 2.11. The third-order valence-electron chi connectivity index (χ3n) is 3.42. The van der Waals surface area contributed by atoms with Crippen LogP contribution < -0.4 is 4.74 Å². The van der Waals surface area contributed by atoms with Gasteiger partial charge in [-0.1, -0.05) is 35.5 Å². The molecule has 0 aliphatic heterocycles. The highest BCUT2D eigenvalue weighted by Crippen LogP contribution is 2.11. The Morgan fingerprint density at radius 2 is 2.00 bits per heavy atom. The van der Waals surface area contributed by atoms with Gasteiger partial charge in [-0.3, -0.25) is 0 Å². The van der Waals surface area contributed by atoms with Gasteiger partial charge < -0.3 is 15.1 Å². The van der Waals surface area contributed by atoms with Crippen LogP contribution in [0, 0.1) is 0 Å². The van der Waals surface area contributed by atoms with Crippen LogP contribution in [0.3, 0.4) is 0 Å². The predicted octanol–water partition coefficient (Wildman–Crippen LogP) is 4.17. The van der Waals surface area contributed by atoms with Gasteiger partial charge in [0.1, 0.15) is 12.4 Å². The van der Waals surface area contributed by atoms with Crippen LogP contribution in [0.15, 0.2) is 47.6 Å². The molecule has 0 aliphatic carbocycles. The normalized spacial score (nSPS) is 13.5. The van der Waals surface area contributed by atoms with E-state index in [1.165, 1.54) is 0 Å². The zero-order valence-electron chi connectivity index (χ0n) is 13.3. The number of allylic oxidation sites excluding steroid dienone is 2. The van der Waals surface area contributed by atoms with E-state index in [9.17, 15) is 5.11 Å². The van der Waals surface area contributed by atoms with Crippen LogP contribution in [0.4, 0.5) is 0 Å². The SMILES string of the molecule is C/C=C/CCCC/C(CCC(O)COc1ccccc1)=N\O. The first-order chi connectivity index (χ1) is 10.8. The fraction of sp³-hybridized carbons (Fsp3) is 0.500. The van der Waals surface area contributed by atoms with Gasteiger partial charge in [0, 0.05) is 0 Å². The van der Waals surface area contributed by atoms with Gasteiger partial charge >= 0.3 is 0 Å². The van der Waals surface area contributed by atoms with Gasteiger partial charge in [-0.2, -0.15) is 0 Å². The minimum Gasteiger partial charge on any atom is -0.491 e. The molecule has 0 saturated carbocycles. The van der Waals surface area contributed by atoms with Gasteiger partial charge in [-0.25, -0.2) is 0 Å². The van der Waals surface area contributed by atoms with Gasteiger partial charge in [0.15, 0.2) is 0 Å². The molecule has 0 bridgehead atoms. The number of hydrogen-bond acceptors (Lipinski definition) is 4. The van der Waals surface area contributed by atoms with E-state index in [2.05, 4.69) is 11.2 Å². The third-order valence-corrected chi connectivity index (χ3v) is 3.42. The fourth-order valence-electron chi connectivity index (χ4n) is 2.11. The number of rotatable bonds is 11. The second-order valence-corrected chi connectivity index (χ2v) is 5.30. The smallest absolute Gasteiger partial charge is 0.119 e. The number of ether oxygens (including phenoxy) is 1. The van der Waals surface area contributed by atoms with E-state index in [1.54, 1.807) is 0 Å². The van der Waals surface area contributed by atoms with Crippen LogP contribution in [0.5, 0.6) is 5.75 Å². The zero-order valence-corrected chi connectivity index (χ0v) is 13.3. The van der Waals surface area contributed by atoms with Crippen molar-refractivity contribution in [3.05, 3.63) is 42.5 Å². The van der Waals surface area contributed by atoms with Crippen molar-refractivity contribution < 1.29 is 15.1 Å². The average molecular weight is 305 g/mol. The number of para-hydroxylation sites is 1. The van der Waals surface area contributed by atoms with Crippen molar-refractivity contribution in [2.75, 3.05) is 6.61 Å². The summed E-state index contributed by atoms with van der Waals surface area (Å²) in [6.45, 7) is 2.27. The molecule has 1 aromatic carbocycles. The number of unbranched alkanes of at least 4 members (excludes halogenated alkanes) is 2. The maximum absolute atomic E-state index is 9.93. The summed E-state index contributed by atoms with van der Waals surface area (Å²) in [5, 5.41) is 22.3. The Morgan fingerprint density at radius 1 is 1.23 bits per heavy atom. The standard InChI is InChI=1S/C18H27NO3/c1-2-3-4-5-7-10-16(19-21)13-14-17(20)15-22-18-11-8-6-9-12-18/h2-3,6,8-9,11-12,17,20-21H,4-5,7,10,13-15H2,1H3/b3-2+,19-16+. The Hall–Kier alpha value is -1.81. The molecule has 0 radical (unpaired) electrons. The summed E-state index contributed by atoms with van der Waals surface area (Å²) in [5.41, 5.74) is 0.749. The summed E-state index contributed by atoms with van der Waals surface area (Å²) < 4.78 is 5.50. The molecule has 1 atom stereocenters. The van der Waals surface area contributed by atoms with Gasteiger partial charge in [0.05, 0.1) is 11.8 Å². The molecule has 1 unspecified atom stereocenters. The summed E-state index contributed by atoms with van der Waals surface area (Å²) in [6.07, 6.45) is 8.69. The lowest BCUT2D eigenvalue weighted by molar-refractivity contribution is 0.101. The molecule has 2 N–H and O–H groups in total. The van der Waals surface area contributed by atoms with Gasteiger partial charge in [0.2, 0.25) is 0 Å². The molecule has 1 rings (SSSR count). The lowest BCUT2D eigenvalue weighted by atomic mass is 10.0. The molecule has 0 amide bonds. The van der Waals surface area contributed by atoms with Crippen LogP contribution in [-0.4, -0.2) is 28.7 Å². The highest BCUT2D eigenvalue weighted by molar-refractivity contribution is 5.83. The second-order valence-electron chi connectivity index (χ2n) is 5.30. The Bertz CT molecular complexity index is 443. The molecular weight excluding hydrogens is 278 g/mol. The molecule has 0 heterocycles. The van der Waals surface area contributed by atoms with Crippen LogP contribution in [-0.2, 0) is 0 Å². The van der Waals surface area contributed by atoms with Crippen molar-refractivity contribution in [2.24, 2.45) is 5.16 Å². The van der Waals surface area contributed by atoms with Crippen molar-refractivity contribution in [1.82, 2.24) is 0 Å². The Balaban J connectivity index is 2.16. The van der Waals surface area contributed by atoms with E-state index in [4.69, 9.17) is 9.94 Å². The van der Waals surface area contributed by atoms with Gasteiger partial charge in [-0.05, 0) is 57.6 Å². The van der Waals surface area contributed by atoms with Gasteiger partial charge in [0.25, 0.3) is 0 Å². The van der Waals surface area contributed by atoms with E-state index >= 15 is 0 Å². The Labute approximate surface area is 133 Å². The van der Waals surface area contributed by atoms with E-state index in [0.717, 1.165) is 37.1 Å². The second kappa shape index (κ2) is 11.8. The molecule has 4 heteroatoms. The van der Waals surface area contributed by atoms with Crippen LogP contribution in [0.1, 0.15) is 45.4 Å². The van der Waals surface area contributed by atoms with Crippen molar-refractivity contribution in [2.45, 2.75) is 51.6 Å². The van der Waals surface area contributed by atoms with Crippen molar-refractivity contribution in [1.29, 1.82) is 0 Å². The average Bonchev–Trinajstić information content (AvgIpc) is 2.56. The van der Waals surface area contributed by atoms with Crippen molar-refractivity contribution >= 4 is 5.71 Å². The summed E-state index contributed by atoms with van der Waals surface area (Å²) in [5.74, 6) is 0.751. The summed E-state index contributed by atoms with van der Waals surface area (Å²) in [6, 6.07) is 9.43. The maximum Gasteiger partial charge on any atom is 0.119 e. The highest BCUT2D eigenvalue weighted by Gasteiger charge is 2.08. The lowest BCUT2D eigenvalue weighted by Crippen LogP contribution is -2.18. The number of oxime groups is 1. The lowest BCUT2D eigenvalue weighted by Gasteiger charge is -2.12. The number of hydrogen-bond donors (Lipinski definition) is 2. The molecule has 122 valence electrons. The maximum atomic E-state index is 9.93. The zero-order chi connectivity index (χ0) is 16.0. The number of benzene rings is 1. The van der Waals surface area contributed by atoms with Gasteiger partial charge in [-0.15, -0.1) is 0 Å². The molecule has 1 aromatic rings. The first kappa shape index (κ1) is 18.2. The first-order valence-electron chi connectivity index (χ1n) is 7.93. The monoisotopic (exact) mass is 305 g/mol. The summed E-state index contributed by atoms with van der Waals surface area (Å²) >= 11 is 0. The predicted molar refractivity (Wildman–Crippen MR) is 89.7 cm³/mol.